The molecule has 0 aliphatic carbocycles. The highest BCUT2D eigenvalue weighted by atomic mass is 79.9. The zero-order valence-corrected chi connectivity index (χ0v) is 12.1. The van der Waals surface area contributed by atoms with Crippen LogP contribution in [-0.2, 0) is 5.41 Å². The Bertz CT molecular complexity index is 537. The molecule has 1 aromatic carbocycles. The topological polar surface area (TPSA) is 26.0 Å². The quantitative estimate of drug-likeness (QED) is 0.761. The van der Waals surface area contributed by atoms with Crippen molar-refractivity contribution < 1.29 is 4.42 Å². The van der Waals surface area contributed by atoms with Crippen LogP contribution in [0.2, 0.25) is 0 Å². The SMILES string of the molecule is Cc1cnc(-c2ccc(C(C)(C)C)cc2Br)o1. The fourth-order valence-corrected chi connectivity index (χ4v) is 2.18. The minimum absolute atomic E-state index is 0.146. The van der Waals surface area contributed by atoms with E-state index in [2.05, 4.69) is 59.9 Å². The summed E-state index contributed by atoms with van der Waals surface area (Å²) in [5.41, 5.74) is 2.43. The molecule has 0 radical (unpaired) electrons. The van der Waals surface area contributed by atoms with Crippen LogP contribution in [0.1, 0.15) is 32.1 Å². The molecule has 0 atom stereocenters. The second-order valence-corrected chi connectivity index (χ2v) is 6.08. The smallest absolute Gasteiger partial charge is 0.227 e. The van der Waals surface area contributed by atoms with Gasteiger partial charge in [0.2, 0.25) is 5.89 Å². The fraction of sp³-hybridized carbons (Fsp3) is 0.357. The molecule has 2 aromatic rings. The van der Waals surface area contributed by atoms with Gasteiger partial charge in [-0.3, -0.25) is 0 Å². The lowest BCUT2D eigenvalue weighted by atomic mass is 9.87. The molecule has 0 spiro atoms. The third-order valence-electron chi connectivity index (χ3n) is 2.69. The second-order valence-electron chi connectivity index (χ2n) is 5.22. The molecule has 2 nitrogen and oxygen atoms in total. The number of oxazole rings is 1. The number of benzene rings is 1. The molecule has 0 bridgehead atoms. The van der Waals surface area contributed by atoms with Gasteiger partial charge in [-0.25, -0.2) is 4.98 Å². The van der Waals surface area contributed by atoms with E-state index in [0.29, 0.717) is 5.89 Å². The van der Waals surface area contributed by atoms with E-state index in [-0.39, 0.29) is 5.41 Å². The van der Waals surface area contributed by atoms with Gasteiger partial charge in [0, 0.05) is 4.47 Å². The summed E-state index contributed by atoms with van der Waals surface area (Å²) in [5, 5.41) is 0. The molecule has 0 saturated carbocycles. The molecule has 0 fully saturated rings. The van der Waals surface area contributed by atoms with Crippen LogP contribution in [0.4, 0.5) is 0 Å². The van der Waals surface area contributed by atoms with Gasteiger partial charge >= 0.3 is 0 Å². The largest absolute Gasteiger partial charge is 0.441 e. The molecule has 0 unspecified atom stereocenters. The number of aryl methyl sites for hydroxylation is 1. The monoisotopic (exact) mass is 293 g/mol. The molecule has 1 aromatic heterocycles. The van der Waals surface area contributed by atoms with Crippen molar-refractivity contribution in [2.75, 3.05) is 0 Å². The molecule has 0 aliphatic rings. The highest BCUT2D eigenvalue weighted by molar-refractivity contribution is 9.10. The van der Waals surface area contributed by atoms with Crippen molar-refractivity contribution >= 4 is 15.9 Å². The predicted octanol–water partition coefficient (Wildman–Crippen LogP) is 4.71. The van der Waals surface area contributed by atoms with Gasteiger partial charge in [-0.15, -0.1) is 0 Å². The lowest BCUT2D eigenvalue weighted by Gasteiger charge is -2.19. The Morgan fingerprint density at radius 1 is 1.24 bits per heavy atom. The molecular weight excluding hydrogens is 278 g/mol. The molecule has 0 saturated heterocycles. The van der Waals surface area contributed by atoms with E-state index >= 15 is 0 Å². The highest BCUT2D eigenvalue weighted by Gasteiger charge is 2.16. The summed E-state index contributed by atoms with van der Waals surface area (Å²) in [5.74, 6) is 1.49. The minimum Gasteiger partial charge on any atom is -0.441 e. The average Bonchev–Trinajstić information content (AvgIpc) is 2.63. The molecule has 2 rings (SSSR count). The van der Waals surface area contributed by atoms with Gasteiger partial charge in [-0.2, -0.15) is 0 Å². The van der Waals surface area contributed by atoms with Gasteiger partial charge in [0.15, 0.2) is 0 Å². The average molecular weight is 294 g/mol. The van der Waals surface area contributed by atoms with Crippen LogP contribution in [0.5, 0.6) is 0 Å². The lowest BCUT2D eigenvalue weighted by molar-refractivity contribution is 0.542. The number of rotatable bonds is 1. The molecule has 1 heterocycles. The van der Waals surface area contributed by atoms with Crippen LogP contribution in [0.3, 0.4) is 0 Å². The van der Waals surface area contributed by atoms with Crippen LogP contribution >= 0.6 is 15.9 Å². The van der Waals surface area contributed by atoms with E-state index in [9.17, 15) is 0 Å². The van der Waals surface area contributed by atoms with Crippen molar-refractivity contribution in [3.05, 3.63) is 40.2 Å². The number of halogens is 1. The van der Waals surface area contributed by atoms with Crippen LogP contribution in [-0.4, -0.2) is 4.98 Å². The Morgan fingerprint density at radius 2 is 1.94 bits per heavy atom. The molecule has 0 aliphatic heterocycles. The third kappa shape index (κ3) is 2.60. The number of aromatic nitrogens is 1. The lowest BCUT2D eigenvalue weighted by Crippen LogP contribution is -2.10. The van der Waals surface area contributed by atoms with Crippen molar-refractivity contribution in [1.82, 2.24) is 4.98 Å². The van der Waals surface area contributed by atoms with Gasteiger partial charge in [0.25, 0.3) is 0 Å². The Labute approximate surface area is 110 Å². The summed E-state index contributed by atoms with van der Waals surface area (Å²) in [6.45, 7) is 8.49. The van der Waals surface area contributed by atoms with Crippen molar-refractivity contribution in [2.24, 2.45) is 0 Å². The summed E-state index contributed by atoms with van der Waals surface area (Å²) < 4.78 is 6.55. The molecule has 90 valence electrons. The normalized spacial score (nSPS) is 11.8. The van der Waals surface area contributed by atoms with Crippen LogP contribution in [0.25, 0.3) is 11.5 Å². The van der Waals surface area contributed by atoms with E-state index in [1.54, 1.807) is 6.20 Å². The second kappa shape index (κ2) is 4.30. The summed E-state index contributed by atoms with van der Waals surface area (Å²) >= 11 is 3.59. The van der Waals surface area contributed by atoms with E-state index in [0.717, 1.165) is 15.8 Å². The first kappa shape index (κ1) is 12.4. The van der Waals surface area contributed by atoms with E-state index < -0.39 is 0 Å². The van der Waals surface area contributed by atoms with Gasteiger partial charge in [-0.1, -0.05) is 26.8 Å². The van der Waals surface area contributed by atoms with E-state index in [4.69, 9.17) is 4.42 Å². The maximum Gasteiger partial charge on any atom is 0.227 e. The van der Waals surface area contributed by atoms with Gasteiger partial charge in [0.1, 0.15) is 5.76 Å². The number of nitrogens with zero attached hydrogens (tertiary/aromatic N) is 1. The first-order valence-electron chi connectivity index (χ1n) is 5.61. The first-order valence-corrected chi connectivity index (χ1v) is 6.40. The Hall–Kier alpha value is -1.09. The van der Waals surface area contributed by atoms with Crippen molar-refractivity contribution in [1.29, 1.82) is 0 Å². The Balaban J connectivity index is 2.45. The Kier molecular flexibility index (Phi) is 3.13. The van der Waals surface area contributed by atoms with Crippen molar-refractivity contribution in [3.8, 4) is 11.5 Å². The minimum atomic E-state index is 0.146. The molecule has 0 amide bonds. The van der Waals surface area contributed by atoms with Gasteiger partial charge in [0.05, 0.1) is 11.8 Å². The third-order valence-corrected chi connectivity index (χ3v) is 3.34. The maximum atomic E-state index is 5.53. The molecule has 0 N–H and O–H groups in total. The van der Waals surface area contributed by atoms with Crippen molar-refractivity contribution in [3.63, 3.8) is 0 Å². The Morgan fingerprint density at radius 3 is 2.41 bits per heavy atom. The van der Waals surface area contributed by atoms with Crippen LogP contribution in [0.15, 0.2) is 33.3 Å². The summed E-state index contributed by atoms with van der Waals surface area (Å²) in [7, 11) is 0. The molecular formula is C14H16BrNO. The summed E-state index contributed by atoms with van der Waals surface area (Å²) in [6.07, 6.45) is 1.74. The summed E-state index contributed by atoms with van der Waals surface area (Å²) in [6, 6.07) is 6.31. The summed E-state index contributed by atoms with van der Waals surface area (Å²) in [4.78, 5) is 4.24. The fourth-order valence-electron chi connectivity index (χ4n) is 1.63. The zero-order valence-electron chi connectivity index (χ0n) is 10.5. The predicted molar refractivity (Wildman–Crippen MR) is 73.1 cm³/mol. The number of hydrogen-bond acceptors (Lipinski definition) is 2. The van der Waals surface area contributed by atoms with E-state index in [1.807, 2.05) is 6.92 Å². The molecule has 17 heavy (non-hydrogen) atoms. The van der Waals surface area contributed by atoms with Crippen LogP contribution in [0, 0.1) is 6.92 Å². The maximum absolute atomic E-state index is 5.53. The van der Waals surface area contributed by atoms with E-state index in [1.165, 1.54) is 5.56 Å². The van der Waals surface area contributed by atoms with Gasteiger partial charge < -0.3 is 4.42 Å². The van der Waals surface area contributed by atoms with Crippen LogP contribution < -0.4 is 0 Å². The molecule has 3 heteroatoms. The first-order chi connectivity index (χ1) is 7.88. The highest BCUT2D eigenvalue weighted by Crippen LogP contribution is 2.32. The van der Waals surface area contributed by atoms with Gasteiger partial charge in [-0.05, 0) is 46.0 Å². The number of hydrogen-bond donors (Lipinski definition) is 0. The standard InChI is InChI=1S/C14H16BrNO/c1-9-8-16-13(17-9)11-6-5-10(7-12(11)15)14(2,3)4/h5-8H,1-4H3. The zero-order chi connectivity index (χ0) is 12.6. The van der Waals surface area contributed by atoms with Crippen molar-refractivity contribution in [2.45, 2.75) is 33.1 Å².